The number of esters is 1. The number of nitrogens with zero attached hydrogens (tertiary/aromatic N) is 1. The fourth-order valence-electron chi connectivity index (χ4n) is 1.41. The SMILES string of the molecule is C[C@H](NC(=O)OCCc1ccccc1)C(=O)OCC#N. The first-order chi connectivity index (χ1) is 9.63. The fourth-order valence-corrected chi connectivity index (χ4v) is 1.41. The fraction of sp³-hybridized carbons (Fsp3) is 0.357. The van der Waals surface area contributed by atoms with Gasteiger partial charge in [-0.3, -0.25) is 0 Å². The van der Waals surface area contributed by atoms with E-state index >= 15 is 0 Å². The largest absolute Gasteiger partial charge is 0.449 e. The summed E-state index contributed by atoms with van der Waals surface area (Å²) in [6, 6.07) is 10.4. The van der Waals surface area contributed by atoms with Crippen LogP contribution in [0.5, 0.6) is 0 Å². The first kappa shape index (κ1) is 15.5. The monoisotopic (exact) mass is 276 g/mol. The molecule has 1 amide bonds. The zero-order valence-corrected chi connectivity index (χ0v) is 11.2. The number of rotatable bonds is 6. The van der Waals surface area contributed by atoms with Crippen molar-refractivity contribution in [1.29, 1.82) is 5.26 Å². The van der Waals surface area contributed by atoms with Gasteiger partial charge in [0.2, 0.25) is 0 Å². The van der Waals surface area contributed by atoms with Crippen LogP contribution in [0.25, 0.3) is 0 Å². The molecule has 1 aromatic carbocycles. The molecule has 0 saturated carbocycles. The Labute approximate surface area is 117 Å². The van der Waals surface area contributed by atoms with E-state index in [1.54, 1.807) is 6.07 Å². The number of nitriles is 1. The third-order valence-corrected chi connectivity index (χ3v) is 2.43. The van der Waals surface area contributed by atoms with Crippen LogP contribution in [0.1, 0.15) is 12.5 Å². The van der Waals surface area contributed by atoms with Crippen LogP contribution in [-0.4, -0.2) is 31.3 Å². The summed E-state index contributed by atoms with van der Waals surface area (Å²) in [6.07, 6.45) is -0.0935. The number of hydrogen-bond donors (Lipinski definition) is 1. The number of nitrogens with one attached hydrogen (secondary N) is 1. The molecule has 0 saturated heterocycles. The predicted octanol–water partition coefficient (Wildman–Crippen LogP) is 1.41. The van der Waals surface area contributed by atoms with Gasteiger partial charge in [0.1, 0.15) is 12.1 Å². The number of hydrogen-bond acceptors (Lipinski definition) is 5. The second-order valence-electron chi connectivity index (χ2n) is 4.00. The lowest BCUT2D eigenvalue weighted by molar-refractivity contribution is -0.144. The van der Waals surface area contributed by atoms with Crippen molar-refractivity contribution < 1.29 is 19.1 Å². The van der Waals surface area contributed by atoms with Gasteiger partial charge in [-0.2, -0.15) is 5.26 Å². The summed E-state index contributed by atoms with van der Waals surface area (Å²) in [4.78, 5) is 22.7. The maximum Gasteiger partial charge on any atom is 0.407 e. The van der Waals surface area contributed by atoms with Gasteiger partial charge in [0.25, 0.3) is 0 Å². The first-order valence-corrected chi connectivity index (χ1v) is 6.14. The summed E-state index contributed by atoms with van der Waals surface area (Å²) in [5, 5.41) is 10.6. The predicted molar refractivity (Wildman–Crippen MR) is 70.7 cm³/mol. The maximum atomic E-state index is 11.4. The van der Waals surface area contributed by atoms with Crippen molar-refractivity contribution in [3.63, 3.8) is 0 Å². The second-order valence-corrected chi connectivity index (χ2v) is 4.00. The molecule has 0 radical (unpaired) electrons. The third-order valence-electron chi connectivity index (χ3n) is 2.43. The van der Waals surface area contributed by atoms with Crippen molar-refractivity contribution in [2.24, 2.45) is 0 Å². The van der Waals surface area contributed by atoms with Gasteiger partial charge in [-0.05, 0) is 12.5 Å². The number of amides is 1. The van der Waals surface area contributed by atoms with Crippen molar-refractivity contribution in [2.75, 3.05) is 13.2 Å². The lowest BCUT2D eigenvalue weighted by atomic mass is 10.2. The summed E-state index contributed by atoms with van der Waals surface area (Å²) >= 11 is 0. The molecule has 0 aromatic heterocycles. The molecule has 6 heteroatoms. The lowest BCUT2D eigenvalue weighted by Gasteiger charge is -2.12. The Morgan fingerprint density at radius 3 is 2.65 bits per heavy atom. The average Bonchev–Trinajstić information content (AvgIpc) is 2.45. The van der Waals surface area contributed by atoms with Crippen LogP contribution in [0.2, 0.25) is 0 Å². The summed E-state index contributed by atoms with van der Waals surface area (Å²) < 4.78 is 9.51. The quantitative estimate of drug-likeness (QED) is 0.793. The molecule has 1 rings (SSSR count). The molecule has 0 heterocycles. The minimum Gasteiger partial charge on any atom is -0.449 e. The van der Waals surface area contributed by atoms with E-state index in [1.165, 1.54) is 6.92 Å². The number of alkyl carbamates (subject to hydrolysis) is 1. The molecule has 1 N–H and O–H groups in total. The smallest absolute Gasteiger partial charge is 0.407 e. The zero-order chi connectivity index (χ0) is 14.8. The van der Waals surface area contributed by atoms with Crippen molar-refractivity contribution in [3.05, 3.63) is 35.9 Å². The zero-order valence-electron chi connectivity index (χ0n) is 11.2. The van der Waals surface area contributed by atoms with Crippen LogP contribution in [0.3, 0.4) is 0 Å². The van der Waals surface area contributed by atoms with E-state index in [1.807, 2.05) is 30.3 Å². The van der Waals surface area contributed by atoms with Crippen molar-refractivity contribution >= 4 is 12.1 Å². The Balaban J connectivity index is 2.23. The summed E-state index contributed by atoms with van der Waals surface area (Å²) in [6.45, 7) is 1.34. The molecule has 0 unspecified atom stereocenters. The van der Waals surface area contributed by atoms with Crippen LogP contribution < -0.4 is 5.32 Å². The van der Waals surface area contributed by atoms with E-state index in [4.69, 9.17) is 10.00 Å². The summed E-state index contributed by atoms with van der Waals surface area (Å²) in [7, 11) is 0. The lowest BCUT2D eigenvalue weighted by Crippen LogP contribution is -2.40. The Hall–Kier alpha value is -2.55. The number of benzene rings is 1. The van der Waals surface area contributed by atoms with Gasteiger partial charge in [-0.25, -0.2) is 9.59 Å². The van der Waals surface area contributed by atoms with Gasteiger partial charge >= 0.3 is 12.1 Å². The highest BCUT2D eigenvalue weighted by atomic mass is 16.6. The van der Waals surface area contributed by atoms with E-state index in [0.717, 1.165) is 5.56 Å². The van der Waals surface area contributed by atoms with E-state index < -0.39 is 18.1 Å². The minimum absolute atomic E-state index is 0.218. The molecular weight excluding hydrogens is 260 g/mol. The normalized spacial score (nSPS) is 11.0. The van der Waals surface area contributed by atoms with Crippen LogP contribution in [-0.2, 0) is 20.7 Å². The van der Waals surface area contributed by atoms with E-state index in [9.17, 15) is 9.59 Å². The van der Waals surface area contributed by atoms with Gasteiger partial charge < -0.3 is 14.8 Å². The number of ether oxygens (including phenoxy) is 2. The van der Waals surface area contributed by atoms with Crippen LogP contribution in [0.4, 0.5) is 4.79 Å². The van der Waals surface area contributed by atoms with E-state index in [-0.39, 0.29) is 13.2 Å². The molecule has 0 bridgehead atoms. The minimum atomic E-state index is -0.854. The van der Waals surface area contributed by atoms with Gasteiger partial charge in [0.15, 0.2) is 6.61 Å². The Kier molecular flexibility index (Phi) is 6.62. The maximum absolute atomic E-state index is 11.4. The molecule has 0 aliphatic rings. The Bertz CT molecular complexity index is 482. The molecule has 1 atom stereocenters. The van der Waals surface area contributed by atoms with E-state index in [2.05, 4.69) is 10.1 Å². The third kappa shape index (κ3) is 5.87. The van der Waals surface area contributed by atoms with Crippen LogP contribution in [0.15, 0.2) is 30.3 Å². The summed E-state index contributed by atoms with van der Waals surface area (Å²) in [5.74, 6) is -0.674. The van der Waals surface area contributed by atoms with Crippen molar-refractivity contribution in [3.8, 4) is 6.07 Å². The van der Waals surface area contributed by atoms with Gasteiger partial charge in [-0.15, -0.1) is 0 Å². The molecule has 0 spiro atoms. The molecular formula is C14H16N2O4. The first-order valence-electron chi connectivity index (χ1n) is 6.14. The highest BCUT2D eigenvalue weighted by molar-refractivity contribution is 5.80. The van der Waals surface area contributed by atoms with Crippen LogP contribution >= 0.6 is 0 Å². The summed E-state index contributed by atoms with van der Waals surface area (Å²) in [5.41, 5.74) is 1.06. The van der Waals surface area contributed by atoms with Crippen molar-refractivity contribution in [1.82, 2.24) is 5.32 Å². The van der Waals surface area contributed by atoms with Crippen LogP contribution in [0, 0.1) is 11.3 Å². The Morgan fingerprint density at radius 2 is 2.00 bits per heavy atom. The van der Waals surface area contributed by atoms with Gasteiger partial charge in [0, 0.05) is 6.42 Å². The molecule has 106 valence electrons. The number of carbonyl (C=O) groups is 2. The molecule has 0 aliphatic carbocycles. The molecule has 0 fully saturated rings. The standard InChI is InChI=1S/C14H16N2O4/c1-11(13(17)19-10-8-15)16-14(18)20-9-7-12-5-3-2-4-6-12/h2-6,11H,7,9-10H2,1H3,(H,16,18)/t11-/m0/s1. The van der Waals surface area contributed by atoms with E-state index in [0.29, 0.717) is 6.42 Å². The molecule has 6 nitrogen and oxygen atoms in total. The second kappa shape index (κ2) is 8.53. The Morgan fingerprint density at radius 1 is 1.30 bits per heavy atom. The number of carbonyl (C=O) groups excluding carboxylic acids is 2. The highest BCUT2D eigenvalue weighted by Crippen LogP contribution is 1.99. The highest BCUT2D eigenvalue weighted by Gasteiger charge is 2.17. The molecule has 0 aliphatic heterocycles. The molecule has 20 heavy (non-hydrogen) atoms. The van der Waals surface area contributed by atoms with Crippen molar-refractivity contribution in [2.45, 2.75) is 19.4 Å². The van der Waals surface area contributed by atoms with Gasteiger partial charge in [-0.1, -0.05) is 30.3 Å². The average molecular weight is 276 g/mol. The van der Waals surface area contributed by atoms with Gasteiger partial charge in [0.05, 0.1) is 6.61 Å². The topological polar surface area (TPSA) is 88.4 Å². The molecule has 1 aromatic rings.